The van der Waals surface area contributed by atoms with E-state index in [0.717, 1.165) is 17.6 Å². The number of halogens is 4. The minimum Gasteiger partial charge on any atom is -0.322 e. The second-order valence-corrected chi connectivity index (χ2v) is 8.99. The van der Waals surface area contributed by atoms with E-state index in [1.807, 2.05) is 31.5 Å². The van der Waals surface area contributed by atoms with Gasteiger partial charge in [-0.3, -0.25) is 9.59 Å². The normalized spacial score (nSPS) is 12.1. The van der Waals surface area contributed by atoms with E-state index in [0.29, 0.717) is 16.7 Å². The van der Waals surface area contributed by atoms with Gasteiger partial charge in [0.25, 0.3) is 11.5 Å². The summed E-state index contributed by atoms with van der Waals surface area (Å²) in [4.78, 5) is 25.2. The zero-order valence-corrected chi connectivity index (χ0v) is 19.2. The summed E-state index contributed by atoms with van der Waals surface area (Å²) in [6.45, 7) is 2.55. The molecule has 0 aliphatic carbocycles. The lowest BCUT2D eigenvalue weighted by Crippen LogP contribution is -2.33. The largest absolute Gasteiger partial charge is 0.406 e. The van der Waals surface area contributed by atoms with Gasteiger partial charge in [0.05, 0.1) is 0 Å². The topological polar surface area (TPSA) is 81.8 Å². The molecule has 0 saturated carbocycles. The predicted molar refractivity (Wildman–Crippen MR) is 117 cm³/mol. The summed E-state index contributed by atoms with van der Waals surface area (Å²) in [5, 5.41) is 10.6. The summed E-state index contributed by atoms with van der Waals surface area (Å²) in [7, 11) is 1.85. The Morgan fingerprint density at radius 1 is 1.22 bits per heavy atom. The van der Waals surface area contributed by atoms with Crippen LogP contribution in [0, 0.1) is 0 Å². The van der Waals surface area contributed by atoms with Crippen LogP contribution >= 0.6 is 15.9 Å². The number of nitrogens with one attached hydrogen (secondary N) is 1. The second kappa shape index (κ2) is 8.89. The summed E-state index contributed by atoms with van der Waals surface area (Å²) in [6.07, 6.45) is -1.39. The first kappa shape index (κ1) is 23.7. The van der Waals surface area contributed by atoms with E-state index >= 15 is 0 Å². The van der Waals surface area contributed by atoms with Gasteiger partial charge >= 0.3 is 6.18 Å². The smallest absolute Gasteiger partial charge is 0.322 e. The first-order chi connectivity index (χ1) is 14.9. The molecule has 0 radical (unpaired) electrons. The fourth-order valence-electron chi connectivity index (χ4n) is 3.25. The molecule has 0 spiro atoms. The Hall–Kier alpha value is -2.95. The maximum Gasteiger partial charge on any atom is 0.406 e. The van der Waals surface area contributed by atoms with Crippen molar-refractivity contribution in [3.8, 4) is 0 Å². The third-order valence-electron chi connectivity index (χ3n) is 4.95. The molecule has 0 atom stereocenters. The first-order valence-corrected chi connectivity index (χ1v) is 10.4. The highest BCUT2D eigenvalue weighted by atomic mass is 79.9. The highest BCUT2D eigenvalue weighted by molar-refractivity contribution is 9.10. The van der Waals surface area contributed by atoms with Crippen molar-refractivity contribution >= 4 is 27.5 Å². The third-order valence-corrected chi connectivity index (χ3v) is 5.39. The summed E-state index contributed by atoms with van der Waals surface area (Å²) in [6, 6.07) is 8.27. The Morgan fingerprint density at radius 2 is 1.94 bits per heavy atom. The van der Waals surface area contributed by atoms with E-state index < -0.39 is 29.8 Å². The van der Waals surface area contributed by atoms with Crippen LogP contribution in [-0.2, 0) is 25.4 Å². The monoisotopic (exact) mass is 511 g/mol. The lowest BCUT2D eigenvalue weighted by molar-refractivity contribution is -0.141. The number of amides is 1. The van der Waals surface area contributed by atoms with Gasteiger partial charge in [-0.25, -0.2) is 0 Å². The van der Waals surface area contributed by atoms with E-state index in [4.69, 9.17) is 0 Å². The molecule has 1 amide bonds. The van der Waals surface area contributed by atoms with Crippen molar-refractivity contribution in [3.05, 3.63) is 74.6 Å². The number of aryl methyl sites for hydroxylation is 1. The zero-order valence-electron chi connectivity index (χ0n) is 17.6. The SMILES string of the molecule is Cn1cnnc1CC(C)(C)c1cccc(NC(=O)c2cc(Br)cn(CC(F)(F)F)c2=O)c1. The molecule has 170 valence electrons. The molecular weight excluding hydrogens is 491 g/mol. The van der Waals surface area contributed by atoms with Gasteiger partial charge in [0, 0.05) is 29.8 Å². The zero-order chi connectivity index (χ0) is 23.7. The molecule has 0 saturated heterocycles. The lowest BCUT2D eigenvalue weighted by Gasteiger charge is -2.25. The lowest BCUT2D eigenvalue weighted by atomic mass is 9.81. The van der Waals surface area contributed by atoms with Crippen LogP contribution in [0.3, 0.4) is 0 Å². The molecule has 2 heterocycles. The highest BCUT2D eigenvalue weighted by Gasteiger charge is 2.29. The molecule has 0 aliphatic rings. The Balaban J connectivity index is 1.85. The van der Waals surface area contributed by atoms with Crippen LogP contribution in [0.2, 0.25) is 0 Å². The fourth-order valence-corrected chi connectivity index (χ4v) is 3.73. The predicted octanol–water partition coefficient (Wildman–Crippen LogP) is 4.07. The molecule has 7 nitrogen and oxygen atoms in total. The summed E-state index contributed by atoms with van der Waals surface area (Å²) in [5.41, 5.74) is -0.451. The average molecular weight is 512 g/mol. The maximum atomic E-state index is 12.8. The number of carbonyl (C=O) groups is 1. The van der Waals surface area contributed by atoms with Gasteiger partial charge in [-0.2, -0.15) is 13.2 Å². The molecule has 0 aliphatic heterocycles. The summed E-state index contributed by atoms with van der Waals surface area (Å²) < 4.78 is 40.8. The number of hydrogen-bond donors (Lipinski definition) is 1. The quantitative estimate of drug-likeness (QED) is 0.540. The number of rotatable bonds is 6. The number of nitrogens with zero attached hydrogens (tertiary/aromatic N) is 4. The molecule has 0 fully saturated rings. The number of alkyl halides is 3. The van der Waals surface area contributed by atoms with Gasteiger partial charge in [-0.1, -0.05) is 26.0 Å². The molecule has 11 heteroatoms. The standard InChI is InChI=1S/C21H21BrF3N5O2/c1-20(2,9-17-28-26-12-29(17)3)13-5-4-6-15(7-13)27-18(31)16-8-14(22)10-30(19(16)32)11-21(23,24)25/h4-8,10,12H,9,11H2,1-3H3,(H,27,31). The van der Waals surface area contributed by atoms with E-state index in [1.54, 1.807) is 24.5 Å². The van der Waals surface area contributed by atoms with Gasteiger partial charge in [0.1, 0.15) is 24.3 Å². The van der Waals surface area contributed by atoms with Crippen LogP contribution in [0.4, 0.5) is 18.9 Å². The van der Waals surface area contributed by atoms with Crippen LogP contribution in [0.1, 0.15) is 35.6 Å². The van der Waals surface area contributed by atoms with Crippen LogP contribution in [0.5, 0.6) is 0 Å². The number of anilines is 1. The van der Waals surface area contributed by atoms with Crippen LogP contribution < -0.4 is 10.9 Å². The Morgan fingerprint density at radius 3 is 2.56 bits per heavy atom. The van der Waals surface area contributed by atoms with E-state index in [9.17, 15) is 22.8 Å². The molecule has 0 bridgehead atoms. The number of benzene rings is 1. The van der Waals surface area contributed by atoms with Crippen LogP contribution in [0.25, 0.3) is 0 Å². The van der Waals surface area contributed by atoms with E-state index in [-0.39, 0.29) is 9.89 Å². The van der Waals surface area contributed by atoms with Crippen LogP contribution in [0.15, 0.2) is 52.1 Å². The summed E-state index contributed by atoms with van der Waals surface area (Å²) in [5.74, 6) is -0.000674. The Bertz CT molecular complexity index is 1200. The molecule has 1 aromatic carbocycles. The first-order valence-electron chi connectivity index (χ1n) is 9.57. The van der Waals surface area contributed by atoms with Crippen molar-refractivity contribution in [2.45, 2.75) is 38.4 Å². The Labute approximate surface area is 190 Å². The van der Waals surface area contributed by atoms with Crippen molar-refractivity contribution < 1.29 is 18.0 Å². The van der Waals surface area contributed by atoms with Crippen molar-refractivity contribution in [3.63, 3.8) is 0 Å². The van der Waals surface area contributed by atoms with Gasteiger partial charge in [-0.05, 0) is 45.1 Å². The number of carbonyl (C=O) groups excluding carboxylic acids is 1. The second-order valence-electron chi connectivity index (χ2n) is 8.07. The molecule has 1 N–H and O–H groups in total. The number of aromatic nitrogens is 4. The maximum absolute atomic E-state index is 12.8. The van der Waals surface area contributed by atoms with Gasteiger partial charge in [0.2, 0.25) is 0 Å². The summed E-state index contributed by atoms with van der Waals surface area (Å²) >= 11 is 3.06. The van der Waals surface area contributed by atoms with Crippen molar-refractivity contribution in [1.82, 2.24) is 19.3 Å². The highest BCUT2D eigenvalue weighted by Crippen LogP contribution is 2.29. The molecule has 32 heavy (non-hydrogen) atoms. The Kier molecular flexibility index (Phi) is 6.59. The molecular formula is C21H21BrF3N5O2. The average Bonchev–Trinajstić information content (AvgIpc) is 3.07. The van der Waals surface area contributed by atoms with Crippen molar-refractivity contribution in [2.24, 2.45) is 7.05 Å². The third kappa shape index (κ3) is 5.64. The van der Waals surface area contributed by atoms with Gasteiger partial charge < -0.3 is 14.5 Å². The van der Waals surface area contributed by atoms with E-state index in [2.05, 4.69) is 31.4 Å². The van der Waals surface area contributed by atoms with Gasteiger partial charge in [-0.15, -0.1) is 10.2 Å². The minimum atomic E-state index is -4.60. The van der Waals surface area contributed by atoms with Crippen molar-refractivity contribution in [1.29, 1.82) is 0 Å². The van der Waals surface area contributed by atoms with Crippen molar-refractivity contribution in [2.75, 3.05) is 5.32 Å². The molecule has 3 rings (SSSR count). The number of pyridine rings is 1. The van der Waals surface area contributed by atoms with Crippen LogP contribution in [-0.4, -0.2) is 31.4 Å². The molecule has 0 unspecified atom stereocenters. The van der Waals surface area contributed by atoms with Gasteiger partial charge in [0.15, 0.2) is 0 Å². The molecule has 3 aromatic rings. The molecule has 2 aromatic heterocycles. The number of hydrogen-bond acceptors (Lipinski definition) is 4. The fraction of sp³-hybridized carbons (Fsp3) is 0.333. The van der Waals surface area contributed by atoms with E-state index in [1.165, 1.54) is 6.07 Å². The minimum absolute atomic E-state index is 0.185.